The van der Waals surface area contributed by atoms with Crippen LogP contribution >= 0.6 is 23.4 Å². The van der Waals surface area contributed by atoms with Gasteiger partial charge in [-0.25, -0.2) is 0 Å². The van der Waals surface area contributed by atoms with Crippen LogP contribution < -0.4 is 0 Å². The number of nitriles is 1. The number of nitrogens with zero attached hydrogens (tertiary/aromatic N) is 1. The molecule has 0 spiro atoms. The van der Waals surface area contributed by atoms with Gasteiger partial charge in [0.05, 0.1) is 0 Å². The number of ketones is 1. The zero-order valence-electron chi connectivity index (χ0n) is 9.92. The summed E-state index contributed by atoms with van der Waals surface area (Å²) in [5, 5.41) is 11.0. The molecule has 0 N–H and O–H groups in total. The average molecular weight is 288 g/mol. The van der Waals surface area contributed by atoms with Gasteiger partial charge >= 0.3 is 0 Å². The van der Waals surface area contributed by atoms with Crippen molar-refractivity contribution in [1.82, 2.24) is 0 Å². The third kappa shape index (κ3) is 3.37. The Bertz CT molecular complexity index is 604. The zero-order valence-corrected chi connectivity index (χ0v) is 11.5. The summed E-state index contributed by atoms with van der Waals surface area (Å²) in [6.07, 6.45) is 0. The summed E-state index contributed by atoms with van der Waals surface area (Å²) in [6.45, 7) is 0. The number of carbonyl (C=O) groups is 1. The molecule has 0 bridgehead atoms. The molecule has 0 aliphatic heterocycles. The third-order valence-corrected chi connectivity index (χ3v) is 3.72. The van der Waals surface area contributed by atoms with Crippen molar-refractivity contribution in [2.45, 2.75) is 5.25 Å². The minimum atomic E-state index is -0.507. The van der Waals surface area contributed by atoms with Gasteiger partial charge in [-0.05, 0) is 41.6 Å². The van der Waals surface area contributed by atoms with E-state index in [0.29, 0.717) is 10.6 Å². The molecule has 4 heteroatoms. The quantitative estimate of drug-likeness (QED) is 0.615. The Balaban J connectivity index is 2.32. The molecule has 19 heavy (non-hydrogen) atoms. The lowest BCUT2D eigenvalue weighted by atomic mass is 10.0. The molecule has 94 valence electrons. The standard InChI is InChI=1S/C15H10ClNOS/c16-13-8-6-11(7-9-13)14(18)15(19-10-17)12-4-2-1-3-5-12/h1-9,15H. The molecule has 0 saturated carbocycles. The van der Waals surface area contributed by atoms with Crippen LogP contribution in [-0.4, -0.2) is 5.78 Å². The number of Topliss-reactive ketones (excluding diaryl/α,β-unsaturated/α-hetero) is 1. The highest BCUT2D eigenvalue weighted by Gasteiger charge is 2.22. The van der Waals surface area contributed by atoms with Crippen LogP contribution in [0.1, 0.15) is 21.2 Å². The second-order valence-electron chi connectivity index (χ2n) is 3.87. The van der Waals surface area contributed by atoms with Gasteiger partial charge in [0, 0.05) is 10.6 Å². The zero-order chi connectivity index (χ0) is 13.7. The molecule has 1 atom stereocenters. The van der Waals surface area contributed by atoms with Crippen LogP contribution in [0.2, 0.25) is 5.02 Å². The Morgan fingerprint density at radius 1 is 1.11 bits per heavy atom. The number of hydrogen-bond donors (Lipinski definition) is 0. The first-order chi connectivity index (χ1) is 9.22. The lowest BCUT2D eigenvalue weighted by Gasteiger charge is -2.12. The summed E-state index contributed by atoms with van der Waals surface area (Å²) in [5.41, 5.74) is 1.38. The fourth-order valence-electron chi connectivity index (χ4n) is 1.72. The van der Waals surface area contributed by atoms with E-state index < -0.39 is 5.25 Å². The fraction of sp³-hybridized carbons (Fsp3) is 0.0667. The van der Waals surface area contributed by atoms with Crippen LogP contribution in [0.25, 0.3) is 0 Å². The third-order valence-electron chi connectivity index (χ3n) is 2.64. The van der Waals surface area contributed by atoms with E-state index in [0.717, 1.165) is 17.3 Å². The summed E-state index contributed by atoms with van der Waals surface area (Å²) in [6, 6.07) is 16.0. The Morgan fingerprint density at radius 3 is 2.32 bits per heavy atom. The Labute approximate surface area is 121 Å². The number of halogens is 1. The van der Waals surface area contributed by atoms with Gasteiger partial charge in [0.25, 0.3) is 0 Å². The first-order valence-electron chi connectivity index (χ1n) is 5.62. The van der Waals surface area contributed by atoms with Gasteiger partial charge in [-0.1, -0.05) is 41.9 Å². The van der Waals surface area contributed by atoms with Crippen LogP contribution in [-0.2, 0) is 0 Å². The maximum absolute atomic E-state index is 12.4. The highest BCUT2D eigenvalue weighted by Crippen LogP contribution is 2.31. The molecule has 2 aromatic rings. The number of rotatable bonds is 4. The lowest BCUT2D eigenvalue weighted by molar-refractivity contribution is 0.0990. The molecule has 2 nitrogen and oxygen atoms in total. The van der Waals surface area contributed by atoms with Crippen molar-refractivity contribution in [1.29, 1.82) is 5.26 Å². The van der Waals surface area contributed by atoms with Crippen molar-refractivity contribution in [3.8, 4) is 5.40 Å². The van der Waals surface area contributed by atoms with Gasteiger partial charge in [0.15, 0.2) is 5.78 Å². The molecular formula is C15H10ClNOS. The molecule has 0 radical (unpaired) electrons. The van der Waals surface area contributed by atoms with E-state index >= 15 is 0 Å². The van der Waals surface area contributed by atoms with Crippen LogP contribution in [0.15, 0.2) is 54.6 Å². The monoisotopic (exact) mass is 287 g/mol. The largest absolute Gasteiger partial charge is 0.292 e. The number of thioether (sulfide) groups is 1. The second-order valence-corrected chi connectivity index (χ2v) is 5.20. The number of carbonyl (C=O) groups excluding carboxylic acids is 1. The van der Waals surface area contributed by atoms with Crippen LogP contribution in [0, 0.1) is 10.7 Å². The molecule has 0 aromatic heterocycles. The molecule has 2 rings (SSSR count). The van der Waals surface area contributed by atoms with E-state index in [9.17, 15) is 4.79 Å². The normalized spacial score (nSPS) is 11.6. The maximum Gasteiger partial charge on any atom is 0.181 e. The first-order valence-corrected chi connectivity index (χ1v) is 6.87. The van der Waals surface area contributed by atoms with Gasteiger partial charge in [0.1, 0.15) is 10.7 Å². The molecule has 0 fully saturated rings. The van der Waals surface area contributed by atoms with Crippen LogP contribution in [0.5, 0.6) is 0 Å². The minimum Gasteiger partial charge on any atom is -0.292 e. The Hall–Kier alpha value is -1.76. The fourth-order valence-corrected chi connectivity index (χ4v) is 2.49. The number of benzene rings is 2. The Morgan fingerprint density at radius 2 is 1.74 bits per heavy atom. The van der Waals surface area contributed by atoms with Crippen LogP contribution in [0.4, 0.5) is 0 Å². The topological polar surface area (TPSA) is 40.9 Å². The first kappa shape index (κ1) is 13.7. The van der Waals surface area contributed by atoms with Gasteiger partial charge in [-0.15, -0.1) is 0 Å². The molecule has 0 heterocycles. The molecular weight excluding hydrogens is 278 g/mol. The van der Waals surface area contributed by atoms with E-state index in [4.69, 9.17) is 16.9 Å². The molecule has 1 unspecified atom stereocenters. The molecule has 0 aliphatic carbocycles. The van der Waals surface area contributed by atoms with E-state index in [2.05, 4.69) is 0 Å². The van der Waals surface area contributed by atoms with Crippen LogP contribution in [0.3, 0.4) is 0 Å². The molecule has 0 amide bonds. The van der Waals surface area contributed by atoms with Gasteiger partial charge in [0.2, 0.25) is 0 Å². The number of thiocyanates is 1. The predicted molar refractivity (Wildman–Crippen MR) is 78.2 cm³/mol. The average Bonchev–Trinajstić information content (AvgIpc) is 2.46. The van der Waals surface area contributed by atoms with E-state index in [1.165, 1.54) is 0 Å². The number of hydrogen-bond acceptors (Lipinski definition) is 3. The van der Waals surface area contributed by atoms with E-state index in [1.54, 1.807) is 24.3 Å². The highest BCUT2D eigenvalue weighted by molar-refractivity contribution is 8.04. The van der Waals surface area contributed by atoms with Gasteiger partial charge in [-0.2, -0.15) is 5.26 Å². The van der Waals surface area contributed by atoms with E-state index in [-0.39, 0.29) is 5.78 Å². The van der Waals surface area contributed by atoms with Gasteiger partial charge in [-0.3, -0.25) is 4.79 Å². The van der Waals surface area contributed by atoms with Crippen molar-refractivity contribution >= 4 is 29.1 Å². The van der Waals surface area contributed by atoms with Crippen molar-refractivity contribution < 1.29 is 4.79 Å². The maximum atomic E-state index is 12.4. The van der Waals surface area contributed by atoms with E-state index in [1.807, 2.05) is 35.7 Å². The predicted octanol–water partition coefficient (Wildman–Crippen LogP) is 4.48. The SMILES string of the molecule is N#CSC(C(=O)c1ccc(Cl)cc1)c1ccccc1. The Kier molecular flexibility index (Phi) is 4.62. The molecule has 0 aliphatic rings. The van der Waals surface area contributed by atoms with Gasteiger partial charge < -0.3 is 0 Å². The summed E-state index contributed by atoms with van der Waals surface area (Å²) >= 11 is 6.76. The van der Waals surface area contributed by atoms with Crippen molar-refractivity contribution in [3.63, 3.8) is 0 Å². The summed E-state index contributed by atoms with van der Waals surface area (Å²) in [4.78, 5) is 12.4. The molecule has 0 saturated heterocycles. The summed E-state index contributed by atoms with van der Waals surface area (Å²) in [5.74, 6) is -0.0885. The summed E-state index contributed by atoms with van der Waals surface area (Å²) < 4.78 is 0. The summed E-state index contributed by atoms with van der Waals surface area (Å²) in [7, 11) is 0. The van der Waals surface area contributed by atoms with Crippen molar-refractivity contribution in [3.05, 3.63) is 70.7 Å². The second kappa shape index (κ2) is 6.42. The van der Waals surface area contributed by atoms with Crippen molar-refractivity contribution in [2.24, 2.45) is 0 Å². The smallest absolute Gasteiger partial charge is 0.181 e. The molecule has 2 aromatic carbocycles. The van der Waals surface area contributed by atoms with Crippen molar-refractivity contribution in [2.75, 3.05) is 0 Å². The highest BCUT2D eigenvalue weighted by atomic mass is 35.5. The minimum absolute atomic E-state index is 0.0885. The lowest BCUT2D eigenvalue weighted by Crippen LogP contribution is -2.09.